The molecule has 0 bridgehead atoms. The summed E-state index contributed by atoms with van der Waals surface area (Å²) in [4.78, 5) is 30.2. The molecule has 0 radical (unpaired) electrons. The zero-order valence-corrected chi connectivity index (χ0v) is 18.4. The maximum absolute atomic E-state index is 13.3. The largest absolute Gasteiger partial charge is 0.353 e. The fourth-order valence-corrected chi connectivity index (χ4v) is 3.78. The van der Waals surface area contributed by atoms with Crippen LogP contribution in [0.25, 0.3) is 0 Å². The van der Waals surface area contributed by atoms with Crippen LogP contribution in [0.4, 0.5) is 20.4 Å². The average Bonchev–Trinajstić information content (AvgIpc) is 2.85. The number of amides is 1. The SMILES string of the molecule is C[C@@H](NC(=O)CCc1ccc(F)c(F)c1)c1cncc(N2CCN(c3ccccn3)CC2)n1. The van der Waals surface area contributed by atoms with Crippen LogP contribution in [0.5, 0.6) is 0 Å². The molecule has 0 saturated carbocycles. The molecule has 0 unspecified atom stereocenters. The Hall–Kier alpha value is -3.62. The number of nitrogens with zero attached hydrogens (tertiary/aromatic N) is 5. The van der Waals surface area contributed by atoms with E-state index in [-0.39, 0.29) is 18.4 Å². The number of hydrogen-bond donors (Lipinski definition) is 1. The molecule has 2 aromatic heterocycles. The third-order valence-electron chi connectivity index (χ3n) is 5.66. The number of anilines is 2. The second-order valence-corrected chi connectivity index (χ2v) is 8.00. The van der Waals surface area contributed by atoms with Crippen LogP contribution < -0.4 is 15.1 Å². The van der Waals surface area contributed by atoms with Gasteiger partial charge in [0.1, 0.15) is 11.6 Å². The van der Waals surface area contributed by atoms with Gasteiger partial charge in [0.25, 0.3) is 0 Å². The van der Waals surface area contributed by atoms with Crippen LogP contribution in [-0.2, 0) is 11.2 Å². The van der Waals surface area contributed by atoms with Gasteiger partial charge in [0.15, 0.2) is 11.6 Å². The number of nitrogens with one attached hydrogen (secondary N) is 1. The predicted molar refractivity (Wildman–Crippen MR) is 122 cm³/mol. The molecule has 0 spiro atoms. The summed E-state index contributed by atoms with van der Waals surface area (Å²) in [7, 11) is 0. The van der Waals surface area contributed by atoms with Gasteiger partial charge in [-0.15, -0.1) is 0 Å². The van der Waals surface area contributed by atoms with Gasteiger partial charge in [0, 0.05) is 38.8 Å². The van der Waals surface area contributed by atoms with Crippen molar-refractivity contribution in [1.82, 2.24) is 20.3 Å². The van der Waals surface area contributed by atoms with Crippen LogP contribution in [-0.4, -0.2) is 47.0 Å². The maximum atomic E-state index is 13.3. The van der Waals surface area contributed by atoms with E-state index in [1.165, 1.54) is 6.07 Å². The number of rotatable bonds is 7. The van der Waals surface area contributed by atoms with E-state index in [9.17, 15) is 13.6 Å². The first kappa shape index (κ1) is 22.6. The highest BCUT2D eigenvalue weighted by Gasteiger charge is 2.20. The Morgan fingerprint density at radius 3 is 2.48 bits per heavy atom. The second kappa shape index (κ2) is 10.3. The molecule has 7 nitrogen and oxygen atoms in total. The lowest BCUT2D eigenvalue weighted by molar-refractivity contribution is -0.121. The minimum absolute atomic E-state index is 0.165. The van der Waals surface area contributed by atoms with Crippen molar-refractivity contribution in [3.05, 3.63) is 77.9 Å². The lowest BCUT2D eigenvalue weighted by Gasteiger charge is -2.36. The molecule has 1 aliphatic rings. The molecule has 1 atom stereocenters. The van der Waals surface area contributed by atoms with Gasteiger partial charge < -0.3 is 15.1 Å². The van der Waals surface area contributed by atoms with Crippen LogP contribution in [0.15, 0.2) is 55.0 Å². The van der Waals surface area contributed by atoms with Crippen LogP contribution in [0.1, 0.15) is 30.6 Å². The highest BCUT2D eigenvalue weighted by Crippen LogP contribution is 2.19. The van der Waals surface area contributed by atoms with Crippen molar-refractivity contribution in [2.75, 3.05) is 36.0 Å². The first-order valence-corrected chi connectivity index (χ1v) is 11.0. The quantitative estimate of drug-likeness (QED) is 0.593. The number of carbonyl (C=O) groups is 1. The van der Waals surface area contributed by atoms with Crippen LogP contribution in [0.3, 0.4) is 0 Å². The topological polar surface area (TPSA) is 74.2 Å². The third-order valence-corrected chi connectivity index (χ3v) is 5.66. The first-order valence-electron chi connectivity index (χ1n) is 11.0. The molecule has 33 heavy (non-hydrogen) atoms. The van der Waals surface area contributed by atoms with Gasteiger partial charge in [-0.25, -0.2) is 18.7 Å². The minimum Gasteiger partial charge on any atom is -0.353 e. The van der Waals surface area contributed by atoms with Crippen LogP contribution in [0.2, 0.25) is 0 Å². The normalized spacial score (nSPS) is 14.8. The molecule has 172 valence electrons. The van der Waals surface area contributed by atoms with Crippen molar-refractivity contribution >= 4 is 17.5 Å². The number of hydrogen-bond acceptors (Lipinski definition) is 6. The number of aryl methyl sites for hydroxylation is 1. The lowest BCUT2D eigenvalue weighted by atomic mass is 10.1. The first-order chi connectivity index (χ1) is 16.0. The van der Waals surface area contributed by atoms with Crippen molar-refractivity contribution in [2.24, 2.45) is 0 Å². The lowest BCUT2D eigenvalue weighted by Crippen LogP contribution is -2.47. The molecule has 1 aromatic carbocycles. The van der Waals surface area contributed by atoms with E-state index in [2.05, 4.69) is 25.1 Å². The molecule has 1 N–H and O–H groups in total. The summed E-state index contributed by atoms with van der Waals surface area (Å²) < 4.78 is 26.4. The molecular weight excluding hydrogens is 426 g/mol. The average molecular weight is 453 g/mol. The van der Waals surface area contributed by atoms with Crippen molar-refractivity contribution in [3.63, 3.8) is 0 Å². The van der Waals surface area contributed by atoms with Gasteiger partial charge in [-0.1, -0.05) is 12.1 Å². The second-order valence-electron chi connectivity index (χ2n) is 8.00. The Bertz CT molecular complexity index is 1090. The molecule has 1 amide bonds. The minimum atomic E-state index is -0.908. The summed E-state index contributed by atoms with van der Waals surface area (Å²) in [5, 5.41) is 2.91. The van der Waals surface area contributed by atoms with Crippen LogP contribution >= 0.6 is 0 Å². The van der Waals surface area contributed by atoms with Gasteiger partial charge in [0.2, 0.25) is 5.91 Å². The van der Waals surface area contributed by atoms with Crippen molar-refractivity contribution in [1.29, 1.82) is 0 Å². The zero-order chi connectivity index (χ0) is 23.2. The van der Waals surface area contributed by atoms with E-state index in [0.29, 0.717) is 17.7 Å². The van der Waals surface area contributed by atoms with Gasteiger partial charge in [0.05, 0.1) is 24.1 Å². The van der Waals surface area contributed by atoms with Crippen molar-refractivity contribution < 1.29 is 13.6 Å². The fraction of sp³-hybridized carbons (Fsp3) is 0.333. The Balaban J connectivity index is 1.30. The number of piperazine rings is 1. The smallest absolute Gasteiger partial charge is 0.220 e. The summed E-state index contributed by atoms with van der Waals surface area (Å²) in [5.74, 6) is -0.251. The number of aromatic nitrogens is 3. The van der Waals surface area contributed by atoms with E-state index < -0.39 is 11.6 Å². The molecule has 4 rings (SSSR count). The Labute approximate surface area is 191 Å². The summed E-state index contributed by atoms with van der Waals surface area (Å²) in [6.45, 7) is 5.11. The van der Waals surface area contributed by atoms with Gasteiger partial charge in [-0.2, -0.15) is 0 Å². The number of carbonyl (C=O) groups excluding carboxylic acids is 1. The Morgan fingerprint density at radius 1 is 1.03 bits per heavy atom. The van der Waals surface area contributed by atoms with E-state index in [1.54, 1.807) is 18.6 Å². The molecule has 9 heteroatoms. The molecule has 1 aliphatic heterocycles. The summed E-state index contributed by atoms with van der Waals surface area (Å²) in [5.41, 5.74) is 1.24. The fourth-order valence-electron chi connectivity index (χ4n) is 3.78. The Kier molecular flexibility index (Phi) is 7.07. The molecule has 3 heterocycles. The predicted octanol–water partition coefficient (Wildman–Crippen LogP) is 3.29. The number of halogens is 2. The summed E-state index contributed by atoms with van der Waals surface area (Å²) in [6, 6.07) is 9.24. The van der Waals surface area contributed by atoms with Gasteiger partial charge in [-0.3, -0.25) is 9.78 Å². The Morgan fingerprint density at radius 2 is 1.79 bits per heavy atom. The van der Waals surface area contributed by atoms with Gasteiger partial charge in [-0.05, 0) is 43.2 Å². The molecule has 0 aliphatic carbocycles. The van der Waals surface area contributed by atoms with Crippen LogP contribution in [0, 0.1) is 11.6 Å². The van der Waals surface area contributed by atoms with E-state index in [0.717, 1.165) is 49.9 Å². The van der Waals surface area contributed by atoms with Gasteiger partial charge >= 0.3 is 0 Å². The molecule has 1 saturated heterocycles. The highest BCUT2D eigenvalue weighted by atomic mass is 19.2. The third kappa shape index (κ3) is 5.79. The molecular formula is C24H26F2N6O. The zero-order valence-electron chi connectivity index (χ0n) is 18.4. The van der Waals surface area contributed by atoms with Crippen molar-refractivity contribution in [2.45, 2.75) is 25.8 Å². The monoisotopic (exact) mass is 452 g/mol. The van der Waals surface area contributed by atoms with E-state index >= 15 is 0 Å². The molecule has 3 aromatic rings. The van der Waals surface area contributed by atoms with E-state index in [4.69, 9.17) is 4.98 Å². The summed E-state index contributed by atoms with van der Waals surface area (Å²) >= 11 is 0. The maximum Gasteiger partial charge on any atom is 0.220 e. The van der Waals surface area contributed by atoms with Crippen molar-refractivity contribution in [3.8, 4) is 0 Å². The standard InChI is InChI=1S/C24H26F2N6O/c1-17(29-24(33)8-6-18-5-7-19(25)20(26)14-18)21-15-27-16-23(30-21)32-12-10-31(11-13-32)22-4-2-3-9-28-22/h2-5,7,9,14-17H,6,8,10-13H2,1H3,(H,29,33)/t17-/m1/s1. The van der Waals surface area contributed by atoms with E-state index in [1.807, 2.05) is 25.1 Å². The highest BCUT2D eigenvalue weighted by molar-refractivity contribution is 5.76. The molecule has 1 fully saturated rings. The number of pyridine rings is 1. The summed E-state index contributed by atoms with van der Waals surface area (Å²) in [6.07, 6.45) is 5.66. The number of benzene rings is 1.